The number of hydrogen-bond donors (Lipinski definition) is 1. The highest BCUT2D eigenvalue weighted by Gasteiger charge is 2.30. The predicted octanol–water partition coefficient (Wildman–Crippen LogP) is 3.35. The van der Waals surface area contributed by atoms with E-state index in [1.165, 1.54) is 37.7 Å². The third kappa shape index (κ3) is 4.04. The van der Waals surface area contributed by atoms with Crippen LogP contribution in [0.2, 0.25) is 0 Å². The van der Waals surface area contributed by atoms with E-state index in [4.69, 9.17) is 5.73 Å². The quantitative estimate of drug-likeness (QED) is 0.925. The molecule has 2 fully saturated rings. The van der Waals surface area contributed by atoms with Gasteiger partial charge in [-0.25, -0.2) is 4.39 Å². The Kier molecular flexibility index (Phi) is 4.91. The largest absolute Gasteiger partial charge is 0.327 e. The number of nitrogens with zero attached hydrogens (tertiary/aromatic N) is 1. The van der Waals surface area contributed by atoms with Gasteiger partial charge in [-0.3, -0.25) is 4.90 Å². The van der Waals surface area contributed by atoms with Crippen LogP contribution in [0.15, 0.2) is 24.3 Å². The first-order valence-electron chi connectivity index (χ1n) is 8.45. The number of hydrogen-bond acceptors (Lipinski definition) is 2. The summed E-state index contributed by atoms with van der Waals surface area (Å²) in [5.74, 6) is 0.462. The van der Waals surface area contributed by atoms with E-state index in [1.807, 2.05) is 12.1 Å². The number of rotatable bonds is 3. The van der Waals surface area contributed by atoms with Gasteiger partial charge in [0.1, 0.15) is 5.82 Å². The molecule has 1 heterocycles. The molecule has 2 nitrogen and oxygen atoms in total. The molecule has 0 radical (unpaired) electrons. The summed E-state index contributed by atoms with van der Waals surface area (Å²) in [4.78, 5) is 2.64. The highest BCUT2D eigenvalue weighted by Crippen LogP contribution is 2.28. The van der Waals surface area contributed by atoms with Gasteiger partial charge in [-0.2, -0.15) is 0 Å². The molecule has 21 heavy (non-hydrogen) atoms. The molecule has 2 unspecified atom stereocenters. The minimum atomic E-state index is -0.150. The van der Waals surface area contributed by atoms with Gasteiger partial charge in [-0.05, 0) is 49.3 Å². The van der Waals surface area contributed by atoms with Gasteiger partial charge in [0.2, 0.25) is 0 Å². The lowest BCUT2D eigenvalue weighted by atomic mass is 9.86. The molecule has 1 aliphatic heterocycles. The highest BCUT2D eigenvalue weighted by molar-refractivity contribution is 5.17. The molecule has 2 N–H and O–H groups in total. The SMILES string of the molecule is NC1CC(Cc2ccc(F)cc2)CN(C2CCCCC2)C1. The lowest BCUT2D eigenvalue weighted by Crippen LogP contribution is -2.51. The minimum Gasteiger partial charge on any atom is -0.327 e. The zero-order valence-electron chi connectivity index (χ0n) is 12.8. The molecular weight excluding hydrogens is 263 g/mol. The Morgan fingerprint density at radius 2 is 1.76 bits per heavy atom. The van der Waals surface area contributed by atoms with Gasteiger partial charge in [-0.1, -0.05) is 31.4 Å². The molecule has 1 aromatic carbocycles. The Hall–Kier alpha value is -0.930. The van der Waals surface area contributed by atoms with Gasteiger partial charge in [0.25, 0.3) is 0 Å². The van der Waals surface area contributed by atoms with Crippen molar-refractivity contribution in [2.45, 2.75) is 57.0 Å². The van der Waals surface area contributed by atoms with E-state index >= 15 is 0 Å². The van der Waals surface area contributed by atoms with Crippen LogP contribution in [0.5, 0.6) is 0 Å². The molecule has 2 aliphatic rings. The third-order valence-corrected chi connectivity index (χ3v) is 5.13. The van der Waals surface area contributed by atoms with Crippen molar-refractivity contribution in [3.8, 4) is 0 Å². The van der Waals surface area contributed by atoms with Gasteiger partial charge in [0, 0.05) is 25.2 Å². The van der Waals surface area contributed by atoms with E-state index in [1.54, 1.807) is 12.1 Å². The Balaban J connectivity index is 1.61. The van der Waals surface area contributed by atoms with Crippen LogP contribution in [0.3, 0.4) is 0 Å². The molecule has 3 rings (SSSR count). The van der Waals surface area contributed by atoms with E-state index in [0.717, 1.165) is 32.0 Å². The van der Waals surface area contributed by atoms with Crippen molar-refractivity contribution < 1.29 is 4.39 Å². The first kappa shape index (κ1) is 15.0. The number of benzene rings is 1. The molecule has 1 saturated carbocycles. The van der Waals surface area contributed by atoms with Crippen molar-refractivity contribution >= 4 is 0 Å². The fraction of sp³-hybridized carbons (Fsp3) is 0.667. The summed E-state index contributed by atoms with van der Waals surface area (Å²) < 4.78 is 13.0. The second-order valence-corrected chi connectivity index (χ2v) is 6.94. The summed E-state index contributed by atoms with van der Waals surface area (Å²) in [7, 11) is 0. The predicted molar refractivity (Wildman–Crippen MR) is 84.6 cm³/mol. The summed E-state index contributed by atoms with van der Waals surface area (Å²) in [6.45, 7) is 2.22. The van der Waals surface area contributed by atoms with Crippen LogP contribution in [-0.4, -0.2) is 30.1 Å². The summed E-state index contributed by atoms with van der Waals surface area (Å²) in [6, 6.07) is 8.02. The average molecular weight is 290 g/mol. The van der Waals surface area contributed by atoms with Crippen molar-refractivity contribution in [3.63, 3.8) is 0 Å². The summed E-state index contributed by atoms with van der Waals surface area (Å²) >= 11 is 0. The fourth-order valence-corrected chi connectivity index (χ4v) is 4.13. The van der Waals surface area contributed by atoms with Crippen LogP contribution in [-0.2, 0) is 6.42 Å². The molecule has 116 valence electrons. The van der Waals surface area contributed by atoms with Crippen LogP contribution < -0.4 is 5.73 Å². The monoisotopic (exact) mass is 290 g/mol. The molecule has 1 saturated heterocycles. The molecule has 0 amide bonds. The van der Waals surface area contributed by atoms with Crippen molar-refractivity contribution in [1.82, 2.24) is 4.90 Å². The third-order valence-electron chi connectivity index (χ3n) is 5.13. The summed E-state index contributed by atoms with van der Waals surface area (Å²) in [5.41, 5.74) is 7.53. The van der Waals surface area contributed by atoms with Crippen LogP contribution in [0.4, 0.5) is 4.39 Å². The van der Waals surface area contributed by atoms with Crippen molar-refractivity contribution in [2.24, 2.45) is 11.7 Å². The molecule has 0 spiro atoms. The molecule has 1 aliphatic carbocycles. The smallest absolute Gasteiger partial charge is 0.123 e. The molecular formula is C18H27FN2. The first-order valence-corrected chi connectivity index (χ1v) is 8.45. The first-order chi connectivity index (χ1) is 10.2. The Morgan fingerprint density at radius 3 is 2.48 bits per heavy atom. The van der Waals surface area contributed by atoms with Crippen molar-refractivity contribution in [2.75, 3.05) is 13.1 Å². The van der Waals surface area contributed by atoms with Crippen molar-refractivity contribution in [1.29, 1.82) is 0 Å². The van der Waals surface area contributed by atoms with Gasteiger partial charge < -0.3 is 5.73 Å². The maximum Gasteiger partial charge on any atom is 0.123 e. The summed E-state index contributed by atoms with van der Waals surface area (Å²) in [6.07, 6.45) is 8.96. The molecule has 2 atom stereocenters. The standard InChI is InChI=1S/C18H27FN2/c19-16-8-6-14(7-9-16)10-15-11-17(20)13-21(12-15)18-4-2-1-3-5-18/h6-9,15,17-18H,1-5,10-13,20H2. The van der Waals surface area contributed by atoms with Gasteiger partial charge in [0.05, 0.1) is 0 Å². The van der Waals surface area contributed by atoms with Gasteiger partial charge >= 0.3 is 0 Å². The maximum absolute atomic E-state index is 13.0. The normalized spacial score (nSPS) is 28.7. The fourth-order valence-electron chi connectivity index (χ4n) is 4.13. The van der Waals surface area contributed by atoms with E-state index in [9.17, 15) is 4.39 Å². The number of nitrogens with two attached hydrogens (primary N) is 1. The zero-order valence-corrected chi connectivity index (χ0v) is 12.8. The van der Waals surface area contributed by atoms with Crippen LogP contribution in [0.1, 0.15) is 44.1 Å². The van der Waals surface area contributed by atoms with E-state index in [-0.39, 0.29) is 5.82 Å². The van der Waals surface area contributed by atoms with Gasteiger partial charge in [0.15, 0.2) is 0 Å². The number of piperidine rings is 1. The Morgan fingerprint density at radius 1 is 1.05 bits per heavy atom. The maximum atomic E-state index is 13.0. The molecule has 1 aromatic rings. The van der Waals surface area contributed by atoms with E-state index in [0.29, 0.717) is 12.0 Å². The van der Waals surface area contributed by atoms with Gasteiger partial charge in [-0.15, -0.1) is 0 Å². The molecule has 0 aromatic heterocycles. The Bertz CT molecular complexity index is 439. The minimum absolute atomic E-state index is 0.150. The van der Waals surface area contributed by atoms with Crippen molar-refractivity contribution in [3.05, 3.63) is 35.6 Å². The van der Waals surface area contributed by atoms with E-state index in [2.05, 4.69) is 4.90 Å². The highest BCUT2D eigenvalue weighted by atomic mass is 19.1. The lowest BCUT2D eigenvalue weighted by molar-refractivity contribution is 0.0870. The number of halogens is 1. The number of likely N-dealkylation sites (tertiary alicyclic amines) is 1. The van der Waals surface area contributed by atoms with Crippen LogP contribution >= 0.6 is 0 Å². The van der Waals surface area contributed by atoms with Crippen LogP contribution in [0, 0.1) is 11.7 Å². The van der Waals surface area contributed by atoms with E-state index < -0.39 is 0 Å². The summed E-state index contributed by atoms with van der Waals surface area (Å²) in [5, 5.41) is 0. The zero-order chi connectivity index (χ0) is 14.7. The molecule has 3 heteroatoms. The molecule has 0 bridgehead atoms. The Labute approximate surface area is 127 Å². The second kappa shape index (κ2) is 6.89. The lowest BCUT2D eigenvalue weighted by Gasteiger charge is -2.42. The topological polar surface area (TPSA) is 29.3 Å². The van der Waals surface area contributed by atoms with Crippen LogP contribution in [0.25, 0.3) is 0 Å². The average Bonchev–Trinajstić information content (AvgIpc) is 2.50. The second-order valence-electron chi connectivity index (χ2n) is 6.94.